The van der Waals surface area contributed by atoms with Crippen LogP contribution in [-0.2, 0) is 4.79 Å². The number of anilines is 1. The van der Waals surface area contributed by atoms with Gasteiger partial charge in [-0.05, 0) is 25.5 Å². The standard InChI is InChI=1S/C20H24N2O3/c1-4-7-13(2)21-12-20(23)22-16-11-18-15(10-19(16)24-3)14-8-5-6-9-17(14)25-18/h5-6,8-11,13,21H,4,7,12H2,1-3H3,(H,22,23)/p+1/t13-/m0/s1. The van der Waals surface area contributed by atoms with Crippen LogP contribution in [0.5, 0.6) is 5.75 Å². The SMILES string of the molecule is CCC[C@H](C)[NH2+]CC(=O)Nc1cc2oc3ccccc3c2cc1OC. The van der Waals surface area contributed by atoms with Gasteiger partial charge in [-0.2, -0.15) is 0 Å². The second-order valence-electron chi connectivity index (χ2n) is 6.40. The minimum absolute atomic E-state index is 0.0447. The molecular weight excluding hydrogens is 316 g/mol. The minimum Gasteiger partial charge on any atom is -0.495 e. The molecule has 1 heterocycles. The quantitative estimate of drug-likeness (QED) is 0.693. The topological polar surface area (TPSA) is 68.1 Å². The van der Waals surface area contributed by atoms with E-state index in [2.05, 4.69) is 24.5 Å². The van der Waals surface area contributed by atoms with Crippen LogP contribution >= 0.6 is 0 Å². The molecule has 0 unspecified atom stereocenters. The predicted octanol–water partition coefficient (Wildman–Crippen LogP) is 3.29. The van der Waals surface area contributed by atoms with Crippen molar-refractivity contribution in [2.75, 3.05) is 19.0 Å². The van der Waals surface area contributed by atoms with Crippen LogP contribution in [0.15, 0.2) is 40.8 Å². The van der Waals surface area contributed by atoms with Crippen molar-refractivity contribution in [3.8, 4) is 5.75 Å². The molecule has 2 aromatic carbocycles. The Morgan fingerprint density at radius 1 is 1.24 bits per heavy atom. The molecule has 5 nitrogen and oxygen atoms in total. The first kappa shape index (κ1) is 17.3. The molecule has 132 valence electrons. The van der Waals surface area contributed by atoms with E-state index in [4.69, 9.17) is 9.15 Å². The highest BCUT2D eigenvalue weighted by molar-refractivity contribution is 6.07. The fourth-order valence-electron chi connectivity index (χ4n) is 3.10. The molecule has 1 amide bonds. The minimum atomic E-state index is -0.0447. The summed E-state index contributed by atoms with van der Waals surface area (Å²) in [5, 5.41) is 7.02. The van der Waals surface area contributed by atoms with E-state index in [1.54, 1.807) is 7.11 Å². The third-order valence-electron chi connectivity index (χ3n) is 4.42. The Labute approximate surface area is 147 Å². The van der Waals surface area contributed by atoms with Gasteiger partial charge in [-0.25, -0.2) is 0 Å². The average Bonchev–Trinajstić information content (AvgIpc) is 2.97. The molecular formula is C20H25N2O3+. The number of hydrogen-bond acceptors (Lipinski definition) is 3. The van der Waals surface area contributed by atoms with E-state index in [0.717, 1.165) is 34.8 Å². The molecule has 0 saturated heterocycles. The van der Waals surface area contributed by atoms with Crippen LogP contribution in [0.3, 0.4) is 0 Å². The first-order valence-electron chi connectivity index (χ1n) is 8.74. The van der Waals surface area contributed by atoms with E-state index < -0.39 is 0 Å². The second-order valence-corrected chi connectivity index (χ2v) is 6.40. The maximum absolute atomic E-state index is 12.3. The van der Waals surface area contributed by atoms with Crippen molar-refractivity contribution in [2.24, 2.45) is 0 Å². The number of para-hydroxylation sites is 1. The summed E-state index contributed by atoms with van der Waals surface area (Å²) in [4.78, 5) is 12.3. The molecule has 0 aliphatic rings. The van der Waals surface area contributed by atoms with Crippen LogP contribution in [0, 0.1) is 0 Å². The molecule has 5 heteroatoms. The molecule has 0 bridgehead atoms. The molecule has 3 N–H and O–H groups in total. The van der Waals surface area contributed by atoms with Crippen LogP contribution in [-0.4, -0.2) is 25.6 Å². The molecule has 0 radical (unpaired) electrons. The molecule has 1 aromatic heterocycles. The van der Waals surface area contributed by atoms with Crippen LogP contribution in [0.25, 0.3) is 21.9 Å². The van der Waals surface area contributed by atoms with E-state index in [1.807, 2.05) is 36.4 Å². The molecule has 0 aliphatic carbocycles. The molecule has 0 saturated carbocycles. The van der Waals surface area contributed by atoms with E-state index in [9.17, 15) is 4.79 Å². The van der Waals surface area contributed by atoms with Crippen molar-refractivity contribution in [2.45, 2.75) is 32.7 Å². The largest absolute Gasteiger partial charge is 0.495 e. The lowest BCUT2D eigenvalue weighted by Gasteiger charge is -2.12. The molecule has 1 atom stereocenters. The molecule has 0 aliphatic heterocycles. The Kier molecular flexibility index (Phi) is 5.24. The Morgan fingerprint density at radius 3 is 2.80 bits per heavy atom. The number of fused-ring (bicyclic) bond motifs is 3. The Hall–Kier alpha value is -2.53. The van der Waals surface area contributed by atoms with Crippen molar-refractivity contribution in [3.05, 3.63) is 36.4 Å². The summed E-state index contributed by atoms with van der Waals surface area (Å²) >= 11 is 0. The maximum Gasteiger partial charge on any atom is 0.279 e. The number of benzene rings is 2. The first-order valence-corrected chi connectivity index (χ1v) is 8.74. The van der Waals surface area contributed by atoms with Gasteiger partial charge in [0.05, 0.1) is 18.8 Å². The van der Waals surface area contributed by atoms with Gasteiger partial charge in [-0.15, -0.1) is 0 Å². The third-order valence-corrected chi connectivity index (χ3v) is 4.42. The number of methoxy groups -OCH3 is 1. The monoisotopic (exact) mass is 341 g/mol. The fourth-order valence-corrected chi connectivity index (χ4v) is 3.10. The number of carbonyl (C=O) groups excluding carboxylic acids is 1. The van der Waals surface area contributed by atoms with Gasteiger partial charge in [0.2, 0.25) is 0 Å². The van der Waals surface area contributed by atoms with Crippen molar-refractivity contribution in [3.63, 3.8) is 0 Å². The molecule has 3 aromatic rings. The summed E-state index contributed by atoms with van der Waals surface area (Å²) in [6.07, 6.45) is 2.22. The normalized spacial score (nSPS) is 12.4. The first-order chi connectivity index (χ1) is 12.1. The predicted molar refractivity (Wildman–Crippen MR) is 100 cm³/mol. The van der Waals surface area contributed by atoms with E-state index in [-0.39, 0.29) is 5.91 Å². The van der Waals surface area contributed by atoms with Crippen molar-refractivity contribution < 1.29 is 19.3 Å². The number of amides is 1. The van der Waals surface area contributed by atoms with Gasteiger partial charge in [0.25, 0.3) is 5.91 Å². The number of carbonyl (C=O) groups is 1. The Bertz CT molecular complexity index is 885. The molecule has 25 heavy (non-hydrogen) atoms. The molecule has 0 fully saturated rings. The van der Waals surface area contributed by atoms with E-state index >= 15 is 0 Å². The lowest BCUT2D eigenvalue weighted by molar-refractivity contribution is -0.676. The van der Waals surface area contributed by atoms with Crippen LogP contribution < -0.4 is 15.4 Å². The summed E-state index contributed by atoms with van der Waals surface area (Å²) in [5.74, 6) is 0.589. The lowest BCUT2D eigenvalue weighted by atomic mass is 10.1. The summed E-state index contributed by atoms with van der Waals surface area (Å²) in [5.41, 5.74) is 2.20. The zero-order valence-electron chi connectivity index (χ0n) is 15.0. The Morgan fingerprint density at radius 2 is 2.04 bits per heavy atom. The van der Waals surface area contributed by atoms with Gasteiger partial charge >= 0.3 is 0 Å². The van der Waals surface area contributed by atoms with Gasteiger partial charge in [-0.1, -0.05) is 31.5 Å². The van der Waals surface area contributed by atoms with E-state index in [0.29, 0.717) is 24.0 Å². The van der Waals surface area contributed by atoms with Crippen LogP contribution in [0.1, 0.15) is 26.7 Å². The van der Waals surface area contributed by atoms with Gasteiger partial charge in [0.15, 0.2) is 6.54 Å². The summed E-state index contributed by atoms with van der Waals surface area (Å²) in [7, 11) is 1.61. The second kappa shape index (κ2) is 7.57. The number of ether oxygens (including phenoxy) is 1. The molecule has 0 spiro atoms. The number of hydrogen-bond donors (Lipinski definition) is 2. The summed E-state index contributed by atoms with van der Waals surface area (Å²) in [6, 6.07) is 12.1. The van der Waals surface area contributed by atoms with Crippen LogP contribution in [0.4, 0.5) is 5.69 Å². The number of nitrogens with one attached hydrogen (secondary N) is 1. The average molecular weight is 341 g/mol. The van der Waals surface area contributed by atoms with Gasteiger partial charge in [0.1, 0.15) is 16.9 Å². The fraction of sp³-hybridized carbons (Fsp3) is 0.350. The van der Waals surface area contributed by atoms with Crippen LogP contribution in [0.2, 0.25) is 0 Å². The number of quaternary nitrogens is 1. The van der Waals surface area contributed by atoms with Gasteiger partial charge in [-0.3, -0.25) is 4.79 Å². The smallest absolute Gasteiger partial charge is 0.279 e. The van der Waals surface area contributed by atoms with Crippen molar-refractivity contribution in [1.29, 1.82) is 0 Å². The van der Waals surface area contributed by atoms with Crippen molar-refractivity contribution >= 4 is 33.5 Å². The zero-order valence-corrected chi connectivity index (χ0v) is 15.0. The number of rotatable bonds is 7. The van der Waals surface area contributed by atoms with E-state index in [1.165, 1.54) is 0 Å². The molecule has 3 rings (SSSR count). The number of nitrogens with two attached hydrogens (primary N) is 1. The third kappa shape index (κ3) is 3.77. The summed E-state index contributed by atoms with van der Waals surface area (Å²) < 4.78 is 11.4. The van der Waals surface area contributed by atoms with Crippen molar-refractivity contribution in [1.82, 2.24) is 0 Å². The highest BCUT2D eigenvalue weighted by Gasteiger charge is 2.15. The highest BCUT2D eigenvalue weighted by Crippen LogP contribution is 2.36. The maximum atomic E-state index is 12.3. The summed E-state index contributed by atoms with van der Waals surface area (Å²) in [6.45, 7) is 4.68. The van der Waals surface area contributed by atoms with Gasteiger partial charge < -0.3 is 19.8 Å². The Balaban J connectivity index is 1.83. The highest BCUT2D eigenvalue weighted by atomic mass is 16.5. The number of furan rings is 1. The zero-order chi connectivity index (χ0) is 17.8. The lowest BCUT2D eigenvalue weighted by Crippen LogP contribution is -2.91. The van der Waals surface area contributed by atoms with Gasteiger partial charge in [0, 0.05) is 16.8 Å².